The SMILES string of the molecule is CCN(CC(F)(F)F)S(=O)(=O)c1cc(CCl)n(C2CC2)c1. The Bertz CT molecular complexity index is 609. The quantitative estimate of drug-likeness (QED) is 0.744. The van der Waals surface area contributed by atoms with Crippen LogP contribution in [-0.2, 0) is 15.9 Å². The third-order valence-corrected chi connectivity index (χ3v) is 5.49. The van der Waals surface area contributed by atoms with Crippen molar-refractivity contribution < 1.29 is 21.6 Å². The molecule has 0 spiro atoms. The zero-order chi connectivity index (χ0) is 15.8. The molecule has 1 fully saturated rings. The summed E-state index contributed by atoms with van der Waals surface area (Å²) in [4.78, 5) is -0.129. The minimum Gasteiger partial charge on any atom is -0.346 e. The van der Waals surface area contributed by atoms with Crippen LogP contribution in [-0.4, -0.2) is 36.6 Å². The number of halogens is 4. The van der Waals surface area contributed by atoms with Crippen LogP contribution in [0.25, 0.3) is 0 Å². The molecule has 1 aromatic rings. The fraction of sp³-hybridized carbons (Fsp3) is 0.667. The lowest BCUT2D eigenvalue weighted by Gasteiger charge is -2.21. The first-order valence-corrected chi connectivity index (χ1v) is 8.50. The van der Waals surface area contributed by atoms with Crippen LogP contribution in [0.1, 0.15) is 31.5 Å². The van der Waals surface area contributed by atoms with Gasteiger partial charge >= 0.3 is 6.18 Å². The monoisotopic (exact) mass is 344 g/mol. The van der Waals surface area contributed by atoms with Gasteiger partial charge in [0.1, 0.15) is 11.4 Å². The van der Waals surface area contributed by atoms with Gasteiger partial charge in [-0.1, -0.05) is 6.92 Å². The van der Waals surface area contributed by atoms with Gasteiger partial charge in [-0.2, -0.15) is 17.5 Å². The van der Waals surface area contributed by atoms with E-state index < -0.39 is 22.7 Å². The minimum absolute atomic E-state index is 0.122. The number of sulfonamides is 1. The summed E-state index contributed by atoms with van der Waals surface area (Å²) in [5.41, 5.74) is 0.612. The van der Waals surface area contributed by atoms with Crippen LogP contribution in [0.5, 0.6) is 0 Å². The van der Waals surface area contributed by atoms with E-state index in [0.29, 0.717) is 10.00 Å². The summed E-state index contributed by atoms with van der Waals surface area (Å²) in [6.07, 6.45) is -1.32. The Labute approximate surface area is 126 Å². The summed E-state index contributed by atoms with van der Waals surface area (Å²) in [5, 5.41) is 0. The molecule has 4 nitrogen and oxygen atoms in total. The zero-order valence-corrected chi connectivity index (χ0v) is 13.0. The first-order valence-electron chi connectivity index (χ1n) is 6.52. The maximum Gasteiger partial charge on any atom is 0.402 e. The second-order valence-corrected chi connectivity index (χ2v) is 7.19. The first kappa shape index (κ1) is 16.6. The van der Waals surface area contributed by atoms with E-state index in [1.165, 1.54) is 19.2 Å². The number of hydrogen-bond acceptors (Lipinski definition) is 2. The lowest BCUT2D eigenvalue weighted by Crippen LogP contribution is -2.38. The van der Waals surface area contributed by atoms with E-state index in [1.54, 1.807) is 4.57 Å². The van der Waals surface area contributed by atoms with Crippen molar-refractivity contribution in [2.75, 3.05) is 13.1 Å². The van der Waals surface area contributed by atoms with Crippen LogP contribution in [0.3, 0.4) is 0 Å². The van der Waals surface area contributed by atoms with E-state index in [1.807, 2.05) is 0 Å². The molecule has 0 saturated heterocycles. The van der Waals surface area contributed by atoms with E-state index in [2.05, 4.69) is 0 Å². The van der Waals surface area contributed by atoms with Gasteiger partial charge in [0.2, 0.25) is 10.0 Å². The van der Waals surface area contributed by atoms with Crippen LogP contribution in [0, 0.1) is 0 Å². The standard InChI is InChI=1S/C12H16ClF3N2O2S/c1-2-17(8-12(14,15)16)21(19,20)11-5-10(6-13)18(7-11)9-3-4-9/h5,7,9H,2-4,6,8H2,1H3. The summed E-state index contributed by atoms with van der Waals surface area (Å²) in [6.45, 7) is -0.354. The molecule has 0 radical (unpaired) electrons. The average Bonchev–Trinajstić information content (AvgIpc) is 3.13. The van der Waals surface area contributed by atoms with Gasteiger partial charge in [0.05, 0.1) is 5.88 Å². The highest BCUT2D eigenvalue weighted by Gasteiger charge is 2.37. The van der Waals surface area contributed by atoms with Gasteiger partial charge in [0.25, 0.3) is 0 Å². The number of nitrogens with zero attached hydrogens (tertiary/aromatic N) is 2. The molecule has 2 rings (SSSR count). The van der Waals surface area contributed by atoms with Crippen molar-refractivity contribution in [3.63, 3.8) is 0 Å². The van der Waals surface area contributed by atoms with Crippen molar-refractivity contribution in [2.24, 2.45) is 0 Å². The fourth-order valence-electron chi connectivity index (χ4n) is 2.15. The number of alkyl halides is 4. The van der Waals surface area contributed by atoms with Gasteiger partial charge in [-0.05, 0) is 18.9 Å². The molecule has 1 aromatic heterocycles. The molecular formula is C12H16ClF3N2O2S. The van der Waals surface area contributed by atoms with E-state index in [-0.39, 0.29) is 23.4 Å². The zero-order valence-electron chi connectivity index (χ0n) is 11.4. The Morgan fingerprint density at radius 2 is 2.05 bits per heavy atom. The van der Waals surface area contributed by atoms with Gasteiger partial charge in [0.15, 0.2) is 0 Å². The molecule has 0 bridgehead atoms. The molecule has 1 aliphatic rings. The van der Waals surface area contributed by atoms with E-state index in [0.717, 1.165) is 12.8 Å². The molecule has 9 heteroatoms. The number of aromatic nitrogens is 1. The van der Waals surface area contributed by atoms with Gasteiger partial charge in [-0.25, -0.2) is 8.42 Å². The largest absolute Gasteiger partial charge is 0.402 e. The smallest absolute Gasteiger partial charge is 0.346 e. The molecule has 120 valence electrons. The highest BCUT2D eigenvalue weighted by molar-refractivity contribution is 7.89. The molecular weight excluding hydrogens is 329 g/mol. The van der Waals surface area contributed by atoms with Crippen LogP contribution in [0.15, 0.2) is 17.2 Å². The third-order valence-electron chi connectivity index (χ3n) is 3.33. The maximum atomic E-state index is 12.5. The fourth-order valence-corrected chi connectivity index (χ4v) is 3.85. The number of rotatable bonds is 6. The molecule has 0 aromatic carbocycles. The molecule has 1 aliphatic carbocycles. The second-order valence-electron chi connectivity index (χ2n) is 4.99. The van der Waals surface area contributed by atoms with Crippen LogP contribution < -0.4 is 0 Å². The Morgan fingerprint density at radius 1 is 1.43 bits per heavy atom. The lowest BCUT2D eigenvalue weighted by molar-refractivity contribution is -0.135. The molecule has 0 aliphatic heterocycles. The predicted octanol–water partition coefficient (Wildman–Crippen LogP) is 3.13. The van der Waals surface area contributed by atoms with Crippen molar-refractivity contribution in [1.29, 1.82) is 0 Å². The molecule has 1 heterocycles. The number of hydrogen-bond donors (Lipinski definition) is 0. The van der Waals surface area contributed by atoms with Crippen molar-refractivity contribution in [3.8, 4) is 0 Å². The summed E-state index contributed by atoms with van der Waals surface area (Å²) in [7, 11) is -4.17. The molecule has 1 saturated carbocycles. The second kappa shape index (κ2) is 5.81. The summed E-state index contributed by atoms with van der Waals surface area (Å²) >= 11 is 5.78. The maximum absolute atomic E-state index is 12.5. The first-order chi connectivity index (χ1) is 9.69. The Kier molecular flexibility index (Phi) is 4.60. The Morgan fingerprint density at radius 3 is 2.48 bits per heavy atom. The van der Waals surface area contributed by atoms with Gasteiger partial charge in [-0.3, -0.25) is 0 Å². The summed E-state index contributed by atoms with van der Waals surface area (Å²) in [6, 6.07) is 1.57. The molecule has 0 atom stereocenters. The van der Waals surface area contributed by atoms with Gasteiger partial charge < -0.3 is 4.57 Å². The topological polar surface area (TPSA) is 42.3 Å². The van der Waals surface area contributed by atoms with Crippen molar-refractivity contribution in [3.05, 3.63) is 18.0 Å². The normalized spacial score (nSPS) is 16.7. The van der Waals surface area contributed by atoms with E-state index in [4.69, 9.17) is 11.6 Å². The average molecular weight is 345 g/mol. The lowest BCUT2D eigenvalue weighted by atomic mass is 10.5. The van der Waals surface area contributed by atoms with Crippen molar-refractivity contribution in [1.82, 2.24) is 8.87 Å². The van der Waals surface area contributed by atoms with Crippen LogP contribution in [0.4, 0.5) is 13.2 Å². The van der Waals surface area contributed by atoms with Crippen molar-refractivity contribution >= 4 is 21.6 Å². The minimum atomic E-state index is -4.57. The summed E-state index contributed by atoms with van der Waals surface area (Å²) < 4.78 is 64.3. The molecule has 21 heavy (non-hydrogen) atoms. The molecule has 0 unspecified atom stereocenters. The molecule has 0 amide bonds. The van der Waals surface area contributed by atoms with Gasteiger partial charge in [-0.15, -0.1) is 11.6 Å². The summed E-state index contributed by atoms with van der Waals surface area (Å²) in [5.74, 6) is 0.122. The van der Waals surface area contributed by atoms with Crippen molar-refractivity contribution in [2.45, 2.75) is 42.8 Å². The Balaban J connectivity index is 2.33. The Hall–Kier alpha value is -0.730. The van der Waals surface area contributed by atoms with Crippen LogP contribution >= 0.6 is 11.6 Å². The highest BCUT2D eigenvalue weighted by atomic mass is 35.5. The highest BCUT2D eigenvalue weighted by Crippen LogP contribution is 2.38. The van der Waals surface area contributed by atoms with Crippen LogP contribution in [0.2, 0.25) is 0 Å². The molecule has 0 N–H and O–H groups in total. The predicted molar refractivity (Wildman–Crippen MR) is 72.7 cm³/mol. The van der Waals surface area contributed by atoms with Gasteiger partial charge in [0, 0.05) is 24.5 Å². The third kappa shape index (κ3) is 3.73. The van der Waals surface area contributed by atoms with E-state index in [9.17, 15) is 21.6 Å². The van der Waals surface area contributed by atoms with E-state index >= 15 is 0 Å².